The first-order valence-corrected chi connectivity index (χ1v) is 6.97. The van der Waals surface area contributed by atoms with Gasteiger partial charge >= 0.3 is 0 Å². The fourth-order valence-corrected chi connectivity index (χ4v) is 2.03. The van der Waals surface area contributed by atoms with Gasteiger partial charge in [-0.05, 0) is 30.7 Å². The lowest BCUT2D eigenvalue weighted by Crippen LogP contribution is -2.09. The normalized spacial score (nSPS) is 10.7. The summed E-state index contributed by atoms with van der Waals surface area (Å²) in [4.78, 5) is 12.0. The van der Waals surface area contributed by atoms with Crippen LogP contribution in [0, 0.1) is 12.7 Å². The maximum absolute atomic E-state index is 13.5. The Hall–Kier alpha value is -2.33. The minimum absolute atomic E-state index is 0.344. The van der Waals surface area contributed by atoms with Crippen LogP contribution in [-0.4, -0.2) is 13.0 Å². The average Bonchev–Trinajstić information content (AvgIpc) is 2.50. The number of ether oxygens (including phenoxy) is 1. The smallest absolute Gasteiger partial charge is 0.248 e. The van der Waals surface area contributed by atoms with Crippen LogP contribution in [0.2, 0.25) is 5.02 Å². The molecule has 2 rings (SSSR count). The van der Waals surface area contributed by atoms with Gasteiger partial charge in [-0.3, -0.25) is 4.79 Å². The van der Waals surface area contributed by atoms with Crippen LogP contribution in [0.5, 0.6) is 5.75 Å². The SMILES string of the molecule is COc1cc(Cl)c(C)cc1NC(=O)/C=C/c1ccccc1F. The number of aryl methyl sites for hydroxylation is 1. The summed E-state index contributed by atoms with van der Waals surface area (Å²) >= 11 is 6.01. The number of methoxy groups -OCH3 is 1. The zero-order valence-corrected chi connectivity index (χ0v) is 12.9. The fourth-order valence-electron chi connectivity index (χ4n) is 1.88. The number of nitrogens with one attached hydrogen (secondary N) is 1. The number of benzene rings is 2. The van der Waals surface area contributed by atoms with Crippen LogP contribution in [0.15, 0.2) is 42.5 Å². The summed E-state index contributed by atoms with van der Waals surface area (Å²) < 4.78 is 18.6. The maximum atomic E-state index is 13.5. The highest BCUT2D eigenvalue weighted by molar-refractivity contribution is 6.31. The van der Waals surface area contributed by atoms with Gasteiger partial charge in [-0.1, -0.05) is 29.8 Å². The molecule has 0 saturated carbocycles. The van der Waals surface area contributed by atoms with Gasteiger partial charge in [0.15, 0.2) is 0 Å². The Morgan fingerprint density at radius 3 is 2.73 bits per heavy atom. The molecule has 0 saturated heterocycles. The minimum Gasteiger partial charge on any atom is -0.495 e. The first-order chi connectivity index (χ1) is 10.5. The molecule has 1 N–H and O–H groups in total. The topological polar surface area (TPSA) is 38.3 Å². The van der Waals surface area contributed by atoms with Crippen molar-refractivity contribution >= 4 is 29.3 Å². The first-order valence-electron chi connectivity index (χ1n) is 6.59. The van der Waals surface area contributed by atoms with Crippen LogP contribution in [0.3, 0.4) is 0 Å². The number of rotatable bonds is 4. The Kier molecular flexibility index (Phi) is 5.17. The lowest BCUT2D eigenvalue weighted by Gasteiger charge is -2.11. The Morgan fingerprint density at radius 1 is 1.32 bits per heavy atom. The third-order valence-corrected chi connectivity index (χ3v) is 3.47. The average molecular weight is 320 g/mol. The Balaban J connectivity index is 2.16. The summed E-state index contributed by atoms with van der Waals surface area (Å²) in [5.74, 6) is -0.307. The summed E-state index contributed by atoms with van der Waals surface area (Å²) in [5.41, 5.74) is 1.67. The second kappa shape index (κ2) is 7.09. The molecule has 0 bridgehead atoms. The van der Waals surface area contributed by atoms with E-state index in [1.807, 2.05) is 6.92 Å². The minimum atomic E-state index is -0.386. The summed E-state index contributed by atoms with van der Waals surface area (Å²) in [6.07, 6.45) is 2.68. The predicted octanol–water partition coefficient (Wildman–Crippen LogP) is 4.45. The molecule has 0 aliphatic rings. The van der Waals surface area contributed by atoms with Crippen molar-refractivity contribution in [1.29, 1.82) is 0 Å². The van der Waals surface area contributed by atoms with E-state index in [1.165, 1.54) is 25.3 Å². The third kappa shape index (κ3) is 3.86. The third-order valence-electron chi connectivity index (χ3n) is 3.06. The second-order valence-corrected chi connectivity index (χ2v) is 5.05. The second-order valence-electron chi connectivity index (χ2n) is 4.65. The molecule has 0 aliphatic carbocycles. The Bertz CT molecular complexity index is 729. The molecule has 114 valence electrons. The number of amides is 1. The van der Waals surface area contributed by atoms with E-state index < -0.39 is 0 Å². The molecule has 0 aromatic heterocycles. The Labute approximate surface area is 133 Å². The number of anilines is 1. The van der Waals surface area contributed by atoms with Gasteiger partial charge in [0.25, 0.3) is 0 Å². The van der Waals surface area contributed by atoms with E-state index in [4.69, 9.17) is 16.3 Å². The summed E-state index contributed by atoms with van der Waals surface area (Å²) in [5, 5.41) is 3.24. The Morgan fingerprint density at radius 2 is 2.05 bits per heavy atom. The molecule has 1 amide bonds. The summed E-state index contributed by atoms with van der Waals surface area (Å²) in [7, 11) is 1.49. The molecule has 0 atom stereocenters. The first kappa shape index (κ1) is 16.0. The molecule has 0 radical (unpaired) electrons. The number of hydrogen-bond acceptors (Lipinski definition) is 2. The van der Waals surface area contributed by atoms with Gasteiger partial charge in [-0.15, -0.1) is 0 Å². The van der Waals surface area contributed by atoms with Crippen molar-refractivity contribution < 1.29 is 13.9 Å². The molecule has 0 aliphatic heterocycles. The van der Waals surface area contributed by atoms with Gasteiger partial charge < -0.3 is 10.1 Å². The fraction of sp³-hybridized carbons (Fsp3) is 0.118. The van der Waals surface area contributed by atoms with E-state index >= 15 is 0 Å². The molecular weight excluding hydrogens is 305 g/mol. The number of carbonyl (C=O) groups excluding carboxylic acids is 1. The monoisotopic (exact) mass is 319 g/mol. The number of carbonyl (C=O) groups is 1. The quantitative estimate of drug-likeness (QED) is 0.846. The molecule has 0 spiro atoms. The van der Waals surface area contributed by atoms with Crippen molar-refractivity contribution in [1.82, 2.24) is 0 Å². The number of halogens is 2. The van der Waals surface area contributed by atoms with E-state index in [-0.39, 0.29) is 11.7 Å². The van der Waals surface area contributed by atoms with Gasteiger partial charge in [0.2, 0.25) is 5.91 Å². The van der Waals surface area contributed by atoms with Gasteiger partial charge in [0.05, 0.1) is 12.8 Å². The maximum Gasteiger partial charge on any atom is 0.248 e. The van der Waals surface area contributed by atoms with Crippen LogP contribution in [-0.2, 0) is 4.79 Å². The van der Waals surface area contributed by atoms with Crippen LogP contribution < -0.4 is 10.1 Å². The highest BCUT2D eigenvalue weighted by atomic mass is 35.5. The predicted molar refractivity (Wildman–Crippen MR) is 86.8 cm³/mol. The van der Waals surface area contributed by atoms with Crippen molar-refractivity contribution in [3.8, 4) is 5.75 Å². The van der Waals surface area contributed by atoms with E-state index in [2.05, 4.69) is 5.32 Å². The number of hydrogen-bond donors (Lipinski definition) is 1. The van der Waals surface area contributed by atoms with Crippen molar-refractivity contribution in [2.75, 3.05) is 12.4 Å². The van der Waals surface area contributed by atoms with Crippen LogP contribution in [0.25, 0.3) is 6.08 Å². The van der Waals surface area contributed by atoms with Crippen LogP contribution in [0.1, 0.15) is 11.1 Å². The molecule has 2 aromatic rings. The lowest BCUT2D eigenvalue weighted by molar-refractivity contribution is -0.111. The standard InChI is InChI=1S/C17H15ClFNO2/c1-11-9-15(16(22-2)10-13(11)18)20-17(21)8-7-12-5-3-4-6-14(12)19/h3-10H,1-2H3,(H,20,21)/b8-7+. The van der Waals surface area contributed by atoms with E-state index in [9.17, 15) is 9.18 Å². The molecule has 3 nitrogen and oxygen atoms in total. The molecule has 22 heavy (non-hydrogen) atoms. The van der Waals surface area contributed by atoms with E-state index in [1.54, 1.807) is 30.3 Å². The van der Waals surface area contributed by atoms with Crippen molar-refractivity contribution in [2.24, 2.45) is 0 Å². The molecule has 2 aromatic carbocycles. The van der Waals surface area contributed by atoms with Gasteiger partial charge in [-0.25, -0.2) is 4.39 Å². The van der Waals surface area contributed by atoms with Gasteiger partial charge in [0.1, 0.15) is 11.6 Å². The zero-order chi connectivity index (χ0) is 16.1. The van der Waals surface area contributed by atoms with Gasteiger partial charge in [0, 0.05) is 22.7 Å². The highest BCUT2D eigenvalue weighted by Crippen LogP contribution is 2.30. The summed E-state index contributed by atoms with van der Waals surface area (Å²) in [6, 6.07) is 9.57. The largest absolute Gasteiger partial charge is 0.495 e. The molecule has 5 heteroatoms. The summed E-state index contributed by atoms with van der Waals surface area (Å²) in [6.45, 7) is 1.83. The molecule has 0 fully saturated rings. The van der Waals surface area contributed by atoms with Crippen molar-refractivity contribution in [3.05, 3.63) is 64.4 Å². The van der Waals surface area contributed by atoms with E-state index in [0.717, 1.165) is 5.56 Å². The molecular formula is C17H15ClFNO2. The molecule has 0 unspecified atom stereocenters. The van der Waals surface area contributed by atoms with E-state index in [0.29, 0.717) is 22.0 Å². The van der Waals surface area contributed by atoms with Crippen molar-refractivity contribution in [2.45, 2.75) is 6.92 Å². The zero-order valence-electron chi connectivity index (χ0n) is 12.2. The lowest BCUT2D eigenvalue weighted by atomic mass is 10.2. The highest BCUT2D eigenvalue weighted by Gasteiger charge is 2.09. The molecule has 0 heterocycles. The van der Waals surface area contributed by atoms with Crippen LogP contribution in [0.4, 0.5) is 10.1 Å². The van der Waals surface area contributed by atoms with Gasteiger partial charge in [-0.2, -0.15) is 0 Å². The van der Waals surface area contributed by atoms with Crippen molar-refractivity contribution in [3.63, 3.8) is 0 Å². The van der Waals surface area contributed by atoms with Crippen LogP contribution >= 0.6 is 11.6 Å².